The first-order chi connectivity index (χ1) is 9.28. The summed E-state index contributed by atoms with van der Waals surface area (Å²) in [7, 11) is 0. The summed E-state index contributed by atoms with van der Waals surface area (Å²) in [5.74, 6) is 0.928. The molecule has 19 heavy (non-hydrogen) atoms. The van der Waals surface area contributed by atoms with Crippen molar-refractivity contribution >= 4 is 11.2 Å². The van der Waals surface area contributed by atoms with Gasteiger partial charge in [0.15, 0.2) is 5.65 Å². The molecule has 0 radical (unpaired) electrons. The summed E-state index contributed by atoms with van der Waals surface area (Å²) in [4.78, 5) is 12.2. The molecule has 4 nitrogen and oxygen atoms in total. The summed E-state index contributed by atoms with van der Waals surface area (Å²) in [6, 6.07) is 10.2. The highest BCUT2D eigenvalue weighted by Gasteiger charge is 2.08. The Labute approximate surface area is 111 Å². The Balaban J connectivity index is 1.99. The zero-order valence-electron chi connectivity index (χ0n) is 10.9. The molecule has 3 rings (SSSR count). The smallest absolute Gasteiger partial charge is 0.177 e. The third kappa shape index (κ3) is 2.22. The molecule has 3 N–H and O–H groups in total. The summed E-state index contributed by atoms with van der Waals surface area (Å²) >= 11 is 0. The third-order valence-electron chi connectivity index (χ3n) is 3.35. The van der Waals surface area contributed by atoms with Gasteiger partial charge in [-0.2, -0.15) is 0 Å². The molecule has 0 aliphatic rings. The van der Waals surface area contributed by atoms with Crippen LogP contribution in [0.15, 0.2) is 36.5 Å². The number of aromatic amines is 1. The van der Waals surface area contributed by atoms with Crippen LogP contribution in [-0.4, -0.2) is 15.0 Å². The average Bonchev–Trinajstić information content (AvgIpc) is 2.83. The molecule has 0 saturated carbocycles. The van der Waals surface area contributed by atoms with Crippen LogP contribution in [0.3, 0.4) is 0 Å². The Morgan fingerprint density at radius 1 is 1.16 bits per heavy atom. The zero-order chi connectivity index (χ0) is 13.2. The lowest BCUT2D eigenvalue weighted by atomic mass is 10.0. The second-order valence-electron chi connectivity index (χ2n) is 4.66. The van der Waals surface area contributed by atoms with Crippen molar-refractivity contribution in [3.05, 3.63) is 59.0 Å². The lowest BCUT2D eigenvalue weighted by Crippen LogP contribution is -2.02. The summed E-state index contributed by atoms with van der Waals surface area (Å²) in [5, 5.41) is 0. The number of imidazole rings is 1. The van der Waals surface area contributed by atoms with Gasteiger partial charge in [0.2, 0.25) is 0 Å². The molecule has 0 unspecified atom stereocenters. The van der Waals surface area contributed by atoms with E-state index in [2.05, 4.69) is 34.0 Å². The van der Waals surface area contributed by atoms with E-state index in [1.165, 1.54) is 5.56 Å². The van der Waals surface area contributed by atoms with Crippen molar-refractivity contribution in [2.75, 3.05) is 0 Å². The van der Waals surface area contributed by atoms with Gasteiger partial charge in [-0.15, -0.1) is 0 Å². The highest BCUT2D eigenvalue weighted by Crippen LogP contribution is 2.17. The molecule has 2 aromatic heterocycles. The van der Waals surface area contributed by atoms with Crippen LogP contribution in [0.5, 0.6) is 0 Å². The van der Waals surface area contributed by atoms with Crippen LogP contribution in [0.1, 0.15) is 22.5 Å². The maximum absolute atomic E-state index is 5.76. The van der Waals surface area contributed by atoms with E-state index in [0.29, 0.717) is 6.54 Å². The fourth-order valence-corrected chi connectivity index (χ4v) is 2.28. The third-order valence-corrected chi connectivity index (χ3v) is 3.35. The first-order valence-electron chi connectivity index (χ1n) is 6.35. The van der Waals surface area contributed by atoms with Gasteiger partial charge in [0, 0.05) is 19.2 Å². The number of nitrogens with two attached hydrogens (primary N) is 1. The van der Waals surface area contributed by atoms with Crippen molar-refractivity contribution in [1.82, 2.24) is 15.0 Å². The molecule has 0 saturated heterocycles. The number of aryl methyl sites for hydroxylation is 1. The summed E-state index contributed by atoms with van der Waals surface area (Å²) in [6.45, 7) is 2.60. The van der Waals surface area contributed by atoms with E-state index < -0.39 is 0 Å². The molecule has 0 aliphatic heterocycles. The number of hydrogen-bond donors (Lipinski definition) is 2. The van der Waals surface area contributed by atoms with E-state index in [9.17, 15) is 0 Å². The van der Waals surface area contributed by atoms with Gasteiger partial charge in [-0.25, -0.2) is 9.97 Å². The number of rotatable bonds is 3. The first-order valence-corrected chi connectivity index (χ1v) is 6.35. The molecule has 3 aromatic rings. The predicted molar refractivity (Wildman–Crippen MR) is 75.8 cm³/mol. The molecule has 1 aromatic carbocycles. The molecule has 0 fully saturated rings. The fourth-order valence-electron chi connectivity index (χ4n) is 2.28. The minimum absolute atomic E-state index is 0.549. The largest absolute Gasteiger partial charge is 0.340 e. The van der Waals surface area contributed by atoms with Crippen molar-refractivity contribution in [2.24, 2.45) is 5.73 Å². The fraction of sp³-hybridized carbons (Fsp3) is 0.200. The van der Waals surface area contributed by atoms with Crippen LogP contribution in [-0.2, 0) is 13.0 Å². The lowest BCUT2D eigenvalue weighted by Gasteiger charge is -2.05. The van der Waals surface area contributed by atoms with Gasteiger partial charge < -0.3 is 10.7 Å². The lowest BCUT2D eigenvalue weighted by molar-refractivity contribution is 0.976. The van der Waals surface area contributed by atoms with E-state index in [1.807, 2.05) is 18.2 Å². The minimum Gasteiger partial charge on any atom is -0.340 e. The topological polar surface area (TPSA) is 67.6 Å². The zero-order valence-corrected chi connectivity index (χ0v) is 10.9. The van der Waals surface area contributed by atoms with Gasteiger partial charge >= 0.3 is 0 Å². The molecule has 0 bridgehead atoms. The number of benzene rings is 1. The monoisotopic (exact) mass is 252 g/mol. The van der Waals surface area contributed by atoms with Gasteiger partial charge in [0.05, 0.1) is 5.52 Å². The Hall–Kier alpha value is -2.20. The van der Waals surface area contributed by atoms with E-state index in [4.69, 9.17) is 5.73 Å². The number of hydrogen-bond acceptors (Lipinski definition) is 3. The second kappa shape index (κ2) is 4.82. The number of aromatic nitrogens is 3. The van der Waals surface area contributed by atoms with Gasteiger partial charge in [0.1, 0.15) is 5.82 Å². The van der Waals surface area contributed by atoms with Gasteiger partial charge in [-0.1, -0.05) is 24.3 Å². The Morgan fingerprint density at radius 2 is 1.95 bits per heavy atom. The SMILES string of the molecule is Cc1ccnc2nc(Cc3ccccc3CN)[nH]c12. The molecular formula is C15H16N4. The quantitative estimate of drug-likeness (QED) is 0.751. The highest BCUT2D eigenvalue weighted by molar-refractivity contribution is 5.74. The van der Waals surface area contributed by atoms with Gasteiger partial charge in [-0.05, 0) is 29.7 Å². The number of fused-ring (bicyclic) bond motifs is 1. The number of nitrogens with one attached hydrogen (secondary N) is 1. The van der Waals surface area contributed by atoms with E-state index in [1.54, 1.807) is 6.20 Å². The van der Waals surface area contributed by atoms with Crippen LogP contribution in [0.4, 0.5) is 0 Å². The highest BCUT2D eigenvalue weighted by atomic mass is 15.0. The number of nitrogens with zero attached hydrogens (tertiary/aromatic N) is 2. The van der Waals surface area contributed by atoms with Gasteiger partial charge in [-0.3, -0.25) is 0 Å². The van der Waals surface area contributed by atoms with Crippen LogP contribution >= 0.6 is 0 Å². The van der Waals surface area contributed by atoms with Crippen LogP contribution in [0, 0.1) is 6.92 Å². The van der Waals surface area contributed by atoms with Crippen molar-refractivity contribution in [3.63, 3.8) is 0 Å². The molecule has 96 valence electrons. The molecule has 0 amide bonds. The molecule has 4 heteroatoms. The number of pyridine rings is 1. The van der Waals surface area contributed by atoms with Crippen molar-refractivity contribution < 1.29 is 0 Å². The van der Waals surface area contributed by atoms with Crippen molar-refractivity contribution in [2.45, 2.75) is 19.9 Å². The predicted octanol–water partition coefficient (Wildman–Crippen LogP) is 2.32. The standard InChI is InChI=1S/C15H16N4/c1-10-6-7-17-15-14(10)18-13(19-15)8-11-4-2-3-5-12(11)9-16/h2-7H,8-9,16H2,1H3,(H,17,18,19). The number of H-pyrrole nitrogens is 1. The Morgan fingerprint density at radius 3 is 2.68 bits per heavy atom. The average molecular weight is 252 g/mol. The second-order valence-corrected chi connectivity index (χ2v) is 4.66. The molecule has 2 heterocycles. The Bertz CT molecular complexity index is 715. The molecule has 0 atom stereocenters. The van der Waals surface area contributed by atoms with E-state index >= 15 is 0 Å². The first kappa shape index (κ1) is 11.9. The van der Waals surface area contributed by atoms with Crippen molar-refractivity contribution in [1.29, 1.82) is 0 Å². The molecule has 0 aliphatic carbocycles. The van der Waals surface area contributed by atoms with Gasteiger partial charge in [0.25, 0.3) is 0 Å². The summed E-state index contributed by atoms with van der Waals surface area (Å²) in [5.41, 5.74) is 11.1. The molecular weight excluding hydrogens is 236 g/mol. The summed E-state index contributed by atoms with van der Waals surface area (Å²) < 4.78 is 0. The normalized spacial score (nSPS) is 11.1. The Kier molecular flexibility index (Phi) is 3.01. The molecule has 0 spiro atoms. The van der Waals surface area contributed by atoms with E-state index in [-0.39, 0.29) is 0 Å². The van der Waals surface area contributed by atoms with Crippen LogP contribution in [0.2, 0.25) is 0 Å². The van der Waals surface area contributed by atoms with Crippen LogP contribution in [0.25, 0.3) is 11.2 Å². The van der Waals surface area contributed by atoms with Crippen molar-refractivity contribution in [3.8, 4) is 0 Å². The maximum Gasteiger partial charge on any atom is 0.177 e. The van der Waals surface area contributed by atoms with Crippen LogP contribution < -0.4 is 5.73 Å². The maximum atomic E-state index is 5.76. The summed E-state index contributed by atoms with van der Waals surface area (Å²) in [6.07, 6.45) is 2.54. The van der Waals surface area contributed by atoms with E-state index in [0.717, 1.165) is 34.5 Å². The minimum atomic E-state index is 0.549.